The molecule has 0 saturated carbocycles. The summed E-state index contributed by atoms with van der Waals surface area (Å²) in [7, 11) is 0. The monoisotopic (exact) mass is 474 g/mol. The Balaban J connectivity index is 1.44. The van der Waals surface area contributed by atoms with Crippen molar-refractivity contribution in [2.45, 2.75) is 6.36 Å². The molecular formula is C23H21F3N4O4. The van der Waals surface area contributed by atoms with Crippen LogP contribution in [0.4, 0.5) is 35.0 Å². The summed E-state index contributed by atoms with van der Waals surface area (Å²) in [6.45, 7) is 2.69. The van der Waals surface area contributed by atoms with Gasteiger partial charge in [0.2, 0.25) is 5.88 Å². The minimum atomic E-state index is -4.79. The molecule has 178 valence electrons. The van der Waals surface area contributed by atoms with Gasteiger partial charge in [-0.3, -0.25) is 0 Å². The molecule has 0 bridgehead atoms. The molecule has 0 spiro atoms. The van der Waals surface area contributed by atoms with Gasteiger partial charge < -0.3 is 29.7 Å². The van der Waals surface area contributed by atoms with Crippen molar-refractivity contribution in [2.24, 2.45) is 0 Å². The lowest BCUT2D eigenvalue weighted by atomic mass is 10.2. The van der Waals surface area contributed by atoms with Gasteiger partial charge in [-0.1, -0.05) is 12.1 Å². The predicted molar refractivity (Wildman–Crippen MR) is 120 cm³/mol. The highest BCUT2D eigenvalue weighted by atomic mass is 19.4. The van der Waals surface area contributed by atoms with E-state index < -0.39 is 12.4 Å². The molecular weight excluding hydrogens is 453 g/mol. The Bertz CT molecular complexity index is 1120. The van der Waals surface area contributed by atoms with E-state index in [0.717, 1.165) is 30.9 Å². The molecule has 1 fully saturated rings. The third kappa shape index (κ3) is 6.29. The summed E-state index contributed by atoms with van der Waals surface area (Å²) < 4.78 is 52.2. The lowest BCUT2D eigenvalue weighted by Gasteiger charge is -2.30. The lowest BCUT2D eigenvalue weighted by molar-refractivity contribution is -0.274. The van der Waals surface area contributed by atoms with Crippen molar-refractivity contribution in [1.82, 2.24) is 4.98 Å². The molecule has 1 aliphatic heterocycles. The zero-order valence-electron chi connectivity index (χ0n) is 17.8. The highest BCUT2D eigenvalue weighted by molar-refractivity contribution is 6.00. The maximum Gasteiger partial charge on any atom is 0.573 e. The lowest BCUT2D eigenvalue weighted by Crippen LogP contribution is -2.36. The molecule has 4 rings (SSSR count). The Morgan fingerprint density at radius 2 is 1.71 bits per heavy atom. The Labute approximate surface area is 193 Å². The number of urea groups is 1. The number of nitrogens with zero attached hydrogens (tertiary/aromatic N) is 2. The first-order valence-corrected chi connectivity index (χ1v) is 10.4. The molecule has 0 unspecified atom stereocenters. The second-order valence-corrected chi connectivity index (χ2v) is 7.18. The molecule has 1 aliphatic rings. The fourth-order valence-corrected chi connectivity index (χ4v) is 3.31. The smallest absolute Gasteiger partial charge is 0.435 e. The van der Waals surface area contributed by atoms with Crippen LogP contribution in [0.1, 0.15) is 0 Å². The van der Waals surface area contributed by atoms with Gasteiger partial charge in [-0.05, 0) is 48.5 Å². The van der Waals surface area contributed by atoms with Gasteiger partial charge >= 0.3 is 12.4 Å². The van der Waals surface area contributed by atoms with Crippen LogP contribution in [0.2, 0.25) is 0 Å². The van der Waals surface area contributed by atoms with Crippen LogP contribution in [0.5, 0.6) is 17.4 Å². The van der Waals surface area contributed by atoms with Crippen molar-refractivity contribution in [3.05, 3.63) is 66.9 Å². The Hall–Kier alpha value is -3.99. The van der Waals surface area contributed by atoms with Crippen LogP contribution in [0.15, 0.2) is 66.9 Å². The van der Waals surface area contributed by atoms with Gasteiger partial charge in [0.05, 0.1) is 18.9 Å². The van der Waals surface area contributed by atoms with Crippen LogP contribution >= 0.6 is 0 Å². The van der Waals surface area contributed by atoms with Gasteiger partial charge in [-0.2, -0.15) is 0 Å². The minimum absolute atomic E-state index is 0.187. The average Bonchev–Trinajstić information content (AvgIpc) is 2.82. The second-order valence-electron chi connectivity index (χ2n) is 7.18. The summed E-state index contributed by atoms with van der Waals surface area (Å²) in [5, 5.41) is 5.19. The number of nitrogens with one attached hydrogen (secondary N) is 2. The van der Waals surface area contributed by atoms with Gasteiger partial charge in [-0.25, -0.2) is 9.78 Å². The SMILES string of the molecule is O=C(Nc1ccc(OC(F)(F)F)cc1)Nc1cccnc1Oc1ccccc1N1CCOCC1. The number of hydrogen-bond acceptors (Lipinski definition) is 6. The molecule has 1 aromatic heterocycles. The van der Waals surface area contributed by atoms with E-state index in [1.165, 1.54) is 18.3 Å². The first-order valence-electron chi connectivity index (χ1n) is 10.4. The third-order valence-corrected chi connectivity index (χ3v) is 4.79. The normalized spacial score (nSPS) is 13.8. The van der Waals surface area contributed by atoms with Gasteiger partial charge in [-0.15, -0.1) is 13.2 Å². The number of alkyl halides is 3. The number of morpholine rings is 1. The number of aromatic nitrogens is 1. The standard InChI is InChI=1S/C23H21F3N4O4/c24-23(25,26)34-17-9-7-16(8-10-17)28-22(31)29-18-4-3-11-27-21(18)33-20-6-2-1-5-19(20)30-12-14-32-15-13-30/h1-11H,12-15H2,(H2,28,29,31). The number of amides is 2. The number of halogens is 3. The topological polar surface area (TPSA) is 85.0 Å². The number of hydrogen-bond donors (Lipinski definition) is 2. The van der Waals surface area contributed by atoms with Crippen molar-refractivity contribution < 1.29 is 32.2 Å². The maximum atomic E-state index is 12.5. The van der Waals surface area contributed by atoms with Crippen molar-refractivity contribution in [3.8, 4) is 17.4 Å². The summed E-state index contributed by atoms with van der Waals surface area (Å²) in [5.74, 6) is 0.374. The van der Waals surface area contributed by atoms with Crippen molar-refractivity contribution >= 4 is 23.1 Å². The van der Waals surface area contributed by atoms with Crippen molar-refractivity contribution in [1.29, 1.82) is 0 Å². The Morgan fingerprint density at radius 1 is 0.971 bits per heavy atom. The molecule has 11 heteroatoms. The summed E-state index contributed by atoms with van der Waals surface area (Å²) in [6.07, 6.45) is -3.25. The Morgan fingerprint density at radius 3 is 2.44 bits per heavy atom. The summed E-state index contributed by atoms with van der Waals surface area (Å²) in [6, 6.07) is 14.9. The zero-order valence-corrected chi connectivity index (χ0v) is 17.8. The van der Waals surface area contributed by atoms with Gasteiger partial charge in [0.25, 0.3) is 0 Å². The van der Waals surface area contributed by atoms with Crippen LogP contribution in [0, 0.1) is 0 Å². The van der Waals surface area contributed by atoms with Gasteiger partial charge in [0.1, 0.15) is 11.4 Å². The molecule has 0 atom stereocenters. The number of rotatable bonds is 6. The molecule has 8 nitrogen and oxygen atoms in total. The van der Waals surface area contributed by atoms with E-state index in [4.69, 9.17) is 9.47 Å². The van der Waals surface area contributed by atoms with Crippen molar-refractivity contribution in [3.63, 3.8) is 0 Å². The number of para-hydroxylation sites is 2. The van der Waals surface area contributed by atoms with E-state index in [1.54, 1.807) is 12.1 Å². The van der Waals surface area contributed by atoms with E-state index in [-0.39, 0.29) is 17.3 Å². The molecule has 2 amide bonds. The number of pyridine rings is 1. The Kier molecular flexibility index (Phi) is 7.02. The van der Waals surface area contributed by atoms with E-state index in [1.807, 2.05) is 24.3 Å². The van der Waals surface area contributed by atoms with Crippen LogP contribution in [-0.4, -0.2) is 43.7 Å². The van der Waals surface area contributed by atoms with Gasteiger partial charge in [0.15, 0.2) is 5.75 Å². The van der Waals surface area contributed by atoms with E-state index in [2.05, 4.69) is 25.3 Å². The minimum Gasteiger partial charge on any atom is -0.435 e. The molecule has 0 aliphatic carbocycles. The largest absolute Gasteiger partial charge is 0.573 e. The maximum absolute atomic E-state index is 12.5. The average molecular weight is 474 g/mol. The molecule has 3 aromatic rings. The molecule has 34 heavy (non-hydrogen) atoms. The van der Waals surface area contributed by atoms with Crippen LogP contribution in [-0.2, 0) is 4.74 Å². The number of ether oxygens (including phenoxy) is 3. The van der Waals surface area contributed by atoms with Crippen LogP contribution in [0.25, 0.3) is 0 Å². The summed E-state index contributed by atoms with van der Waals surface area (Å²) in [5.41, 5.74) is 1.47. The van der Waals surface area contributed by atoms with Gasteiger partial charge in [0, 0.05) is 25.0 Å². The fourth-order valence-electron chi connectivity index (χ4n) is 3.31. The van der Waals surface area contributed by atoms with E-state index in [9.17, 15) is 18.0 Å². The number of carbonyl (C=O) groups is 1. The summed E-state index contributed by atoms with van der Waals surface area (Å²) >= 11 is 0. The predicted octanol–water partition coefficient (Wildman–Crippen LogP) is 5.25. The quantitative estimate of drug-likeness (QED) is 0.508. The third-order valence-electron chi connectivity index (χ3n) is 4.79. The molecule has 0 radical (unpaired) electrons. The summed E-state index contributed by atoms with van der Waals surface area (Å²) in [4.78, 5) is 18.9. The number of anilines is 3. The molecule has 1 saturated heterocycles. The second kappa shape index (κ2) is 10.3. The van der Waals surface area contributed by atoms with Crippen LogP contribution in [0.3, 0.4) is 0 Å². The van der Waals surface area contributed by atoms with E-state index >= 15 is 0 Å². The molecule has 2 N–H and O–H groups in total. The first-order chi connectivity index (χ1) is 16.4. The highest BCUT2D eigenvalue weighted by Crippen LogP contribution is 2.34. The molecule has 2 heterocycles. The van der Waals surface area contributed by atoms with Crippen LogP contribution < -0.4 is 25.0 Å². The highest BCUT2D eigenvalue weighted by Gasteiger charge is 2.31. The first kappa shape index (κ1) is 23.2. The molecule has 2 aromatic carbocycles. The number of carbonyl (C=O) groups excluding carboxylic acids is 1. The zero-order chi connectivity index (χ0) is 24.0. The number of benzene rings is 2. The van der Waals surface area contributed by atoms with E-state index in [0.29, 0.717) is 24.7 Å². The fraction of sp³-hybridized carbons (Fsp3) is 0.217. The van der Waals surface area contributed by atoms with Crippen molar-refractivity contribution in [2.75, 3.05) is 41.8 Å².